The zero-order valence-corrected chi connectivity index (χ0v) is 21.0. The molecule has 208 valence electrons. The van der Waals surface area contributed by atoms with Crippen LogP contribution >= 0.6 is 8.53 Å². The lowest BCUT2D eigenvalue weighted by molar-refractivity contribution is -0.388. The number of aliphatic hydroxyl groups is 1. The van der Waals surface area contributed by atoms with Crippen LogP contribution in [0.5, 0.6) is 11.5 Å². The SMILES string of the molecule is COc1ccc2c(OC(=O)C(O)[C@H]3O[C@@H](n4cc(C)c(=O)[nH]c4=O)C[C@@H]3OP(N)O)c([N+](=O)[O-])c(=O)oc2c1. The smallest absolute Gasteiger partial charge is 0.419 e. The summed E-state index contributed by atoms with van der Waals surface area (Å²) in [6.07, 6.45) is -5.30. The number of aromatic nitrogens is 2. The van der Waals surface area contributed by atoms with E-state index in [1.54, 1.807) is 0 Å². The minimum atomic E-state index is -2.53. The number of nitrogens with one attached hydrogen (secondary N) is 1. The van der Waals surface area contributed by atoms with Crippen LogP contribution in [-0.4, -0.2) is 55.9 Å². The van der Waals surface area contributed by atoms with Crippen LogP contribution in [0, 0.1) is 17.0 Å². The summed E-state index contributed by atoms with van der Waals surface area (Å²) in [5.41, 5.74) is 1.16. The fourth-order valence-corrected chi connectivity index (χ4v) is 4.47. The number of aryl methyl sites for hydroxylation is 1. The minimum absolute atomic E-state index is 0.154. The quantitative estimate of drug-likeness (QED) is 0.0894. The largest absolute Gasteiger partial charge is 0.497 e. The molecule has 17 nitrogen and oxygen atoms in total. The van der Waals surface area contributed by atoms with Crippen molar-refractivity contribution < 1.29 is 42.9 Å². The Morgan fingerprint density at radius 3 is 2.72 bits per heavy atom. The van der Waals surface area contributed by atoms with Crippen molar-refractivity contribution in [2.45, 2.75) is 37.9 Å². The topological polar surface area (TPSA) is 249 Å². The number of carbonyl (C=O) groups excluding carboxylic acids is 1. The summed E-state index contributed by atoms with van der Waals surface area (Å²) >= 11 is 0. The van der Waals surface area contributed by atoms with E-state index < -0.39 is 72.3 Å². The van der Waals surface area contributed by atoms with Gasteiger partial charge in [0.15, 0.2) is 6.10 Å². The monoisotopic (exact) mass is 568 g/mol. The number of methoxy groups -OCH3 is 1. The fourth-order valence-electron chi connectivity index (χ4n) is 3.98. The Kier molecular flexibility index (Phi) is 7.91. The predicted molar refractivity (Wildman–Crippen MR) is 130 cm³/mol. The van der Waals surface area contributed by atoms with E-state index in [1.807, 2.05) is 0 Å². The number of benzene rings is 1. The van der Waals surface area contributed by atoms with Gasteiger partial charge in [-0.2, -0.15) is 0 Å². The molecule has 2 aromatic heterocycles. The molecule has 0 aliphatic carbocycles. The number of nitrogens with zero attached hydrogens (tertiary/aromatic N) is 2. The lowest BCUT2D eigenvalue weighted by Crippen LogP contribution is -2.43. The molecule has 18 heteroatoms. The van der Waals surface area contributed by atoms with Crippen LogP contribution in [0.2, 0.25) is 0 Å². The zero-order valence-electron chi connectivity index (χ0n) is 20.1. The van der Waals surface area contributed by atoms with Crippen LogP contribution in [0.25, 0.3) is 11.0 Å². The maximum absolute atomic E-state index is 13.0. The van der Waals surface area contributed by atoms with Gasteiger partial charge in [-0.15, -0.1) is 0 Å². The van der Waals surface area contributed by atoms with Crippen LogP contribution in [0.1, 0.15) is 18.2 Å². The van der Waals surface area contributed by atoms with Crippen LogP contribution in [-0.2, 0) is 14.1 Å². The summed E-state index contributed by atoms with van der Waals surface area (Å²) < 4.78 is 27.0. The highest BCUT2D eigenvalue weighted by atomic mass is 31.2. The summed E-state index contributed by atoms with van der Waals surface area (Å²) in [7, 11) is -1.20. The van der Waals surface area contributed by atoms with Crippen molar-refractivity contribution in [2.75, 3.05) is 7.11 Å². The highest BCUT2D eigenvalue weighted by molar-refractivity contribution is 7.43. The van der Waals surface area contributed by atoms with E-state index in [2.05, 4.69) is 4.98 Å². The molecule has 0 amide bonds. The van der Waals surface area contributed by atoms with E-state index in [0.717, 1.165) is 4.57 Å². The van der Waals surface area contributed by atoms with Gasteiger partial charge in [0.25, 0.3) is 5.56 Å². The average molecular weight is 568 g/mol. The first-order valence-electron chi connectivity index (χ1n) is 11.0. The molecule has 1 aliphatic heterocycles. The minimum Gasteiger partial charge on any atom is -0.497 e. The second-order valence-corrected chi connectivity index (χ2v) is 9.08. The summed E-state index contributed by atoms with van der Waals surface area (Å²) in [5.74, 6) is -2.07. The number of nitrogens with two attached hydrogens (primary N) is 1. The number of rotatable bonds is 8. The van der Waals surface area contributed by atoms with Gasteiger partial charge in [-0.1, -0.05) is 0 Å². The highest BCUT2D eigenvalue weighted by Crippen LogP contribution is 2.39. The zero-order chi connectivity index (χ0) is 28.6. The van der Waals surface area contributed by atoms with Crippen LogP contribution < -0.4 is 31.9 Å². The molecule has 0 saturated carbocycles. The fraction of sp³-hybridized carbons (Fsp3) is 0.333. The standard InChI is InChI=1S/C21H21N4O13P/c1-8-7-24(21(30)23-18(8)27)13-6-12(38-39(22)33)17(36-13)15(26)20(29)37-16-10-4-3-9(34-2)5-11(10)35-19(28)14(16)25(31)32/h3-5,7,12-13,15,17,26,33H,6,22H2,1-2H3,(H,23,27,30)/t12-,13+,15?,17-,39?/m0/s1. The van der Waals surface area contributed by atoms with Crippen molar-refractivity contribution in [3.63, 3.8) is 0 Å². The molecule has 0 spiro atoms. The number of hydrogen-bond donors (Lipinski definition) is 4. The first kappa shape index (κ1) is 28.0. The molecule has 39 heavy (non-hydrogen) atoms. The van der Waals surface area contributed by atoms with Crippen molar-refractivity contribution in [2.24, 2.45) is 5.50 Å². The van der Waals surface area contributed by atoms with Crippen LogP contribution in [0.3, 0.4) is 0 Å². The highest BCUT2D eigenvalue weighted by Gasteiger charge is 2.46. The van der Waals surface area contributed by atoms with Crippen molar-refractivity contribution in [1.82, 2.24) is 9.55 Å². The number of aromatic amines is 1. The average Bonchev–Trinajstić information content (AvgIpc) is 3.27. The lowest BCUT2D eigenvalue weighted by atomic mass is 10.1. The molecule has 0 radical (unpaired) electrons. The van der Waals surface area contributed by atoms with Gasteiger partial charge >= 0.3 is 23.0 Å². The molecule has 4 rings (SSSR count). The predicted octanol–water partition coefficient (Wildman–Crippen LogP) is -0.315. The Morgan fingerprint density at radius 2 is 2.08 bits per heavy atom. The van der Waals surface area contributed by atoms with Crippen molar-refractivity contribution in [3.8, 4) is 11.5 Å². The molecule has 1 aliphatic rings. The number of aliphatic hydroxyl groups excluding tert-OH is 1. The van der Waals surface area contributed by atoms with Gasteiger partial charge in [0, 0.05) is 24.2 Å². The number of ether oxygens (including phenoxy) is 3. The molecule has 5 N–H and O–H groups in total. The molecule has 1 saturated heterocycles. The number of carbonyl (C=O) groups is 1. The third-order valence-corrected chi connectivity index (χ3v) is 6.28. The van der Waals surface area contributed by atoms with Gasteiger partial charge in [-0.05, 0) is 19.1 Å². The van der Waals surface area contributed by atoms with Gasteiger partial charge in [-0.3, -0.25) is 30.0 Å². The summed E-state index contributed by atoms with van der Waals surface area (Å²) in [6, 6.07) is 3.84. The Morgan fingerprint density at radius 1 is 1.36 bits per heavy atom. The molecule has 5 atom stereocenters. The molecule has 1 aromatic carbocycles. The second kappa shape index (κ2) is 11.0. The third kappa shape index (κ3) is 5.58. The number of nitro groups is 1. The summed E-state index contributed by atoms with van der Waals surface area (Å²) in [4.78, 5) is 71.5. The third-order valence-electron chi connectivity index (χ3n) is 5.80. The number of esters is 1. The van der Waals surface area contributed by atoms with Crippen molar-refractivity contribution in [3.05, 3.63) is 71.3 Å². The van der Waals surface area contributed by atoms with Gasteiger partial charge in [-0.25, -0.2) is 14.4 Å². The van der Waals surface area contributed by atoms with E-state index in [4.69, 9.17) is 28.7 Å². The van der Waals surface area contributed by atoms with E-state index >= 15 is 0 Å². The summed E-state index contributed by atoms with van der Waals surface area (Å²) in [6.45, 7) is 1.43. The summed E-state index contributed by atoms with van der Waals surface area (Å²) in [5, 5.41) is 22.3. The number of fused-ring (bicyclic) bond motifs is 1. The Balaban J connectivity index is 1.69. The number of H-pyrrole nitrogens is 1. The molecule has 2 unspecified atom stereocenters. The van der Waals surface area contributed by atoms with Crippen LogP contribution in [0.15, 0.2) is 43.2 Å². The van der Waals surface area contributed by atoms with E-state index in [0.29, 0.717) is 0 Å². The first-order valence-corrected chi connectivity index (χ1v) is 12.3. The normalized spacial score (nSPS) is 20.5. The number of hydrogen-bond acceptors (Lipinski definition) is 14. The van der Waals surface area contributed by atoms with E-state index in [9.17, 15) is 39.3 Å². The molecule has 1 fully saturated rings. The molecule has 0 bridgehead atoms. The maximum Gasteiger partial charge on any atom is 0.419 e. The van der Waals surface area contributed by atoms with Crippen LogP contribution in [0.4, 0.5) is 5.69 Å². The van der Waals surface area contributed by atoms with Crippen molar-refractivity contribution >= 4 is 31.2 Å². The Hall–Kier alpha value is -3.99. The van der Waals surface area contributed by atoms with E-state index in [-0.39, 0.29) is 28.7 Å². The Bertz CT molecular complexity index is 1610. The van der Waals surface area contributed by atoms with Crippen molar-refractivity contribution in [1.29, 1.82) is 0 Å². The van der Waals surface area contributed by atoms with Gasteiger partial charge < -0.3 is 33.2 Å². The molecular weight excluding hydrogens is 547 g/mol. The lowest BCUT2D eigenvalue weighted by Gasteiger charge is -2.23. The Labute approximate surface area is 217 Å². The van der Waals surface area contributed by atoms with E-state index in [1.165, 1.54) is 38.4 Å². The van der Waals surface area contributed by atoms with Gasteiger partial charge in [0.2, 0.25) is 14.3 Å². The second-order valence-electron chi connectivity index (χ2n) is 8.27. The molecular formula is C21H21N4O13P. The maximum atomic E-state index is 13.0. The van der Waals surface area contributed by atoms with Gasteiger partial charge in [0.1, 0.15) is 23.7 Å². The molecule has 3 aromatic rings. The first-order chi connectivity index (χ1) is 18.4. The molecule has 3 heterocycles. The van der Waals surface area contributed by atoms with Gasteiger partial charge in [0.05, 0.1) is 23.5 Å².